The number of likely N-dealkylation sites (tertiary alicyclic amines) is 1. The number of aryl methyl sites for hydroxylation is 1. The predicted molar refractivity (Wildman–Crippen MR) is 110 cm³/mol. The summed E-state index contributed by atoms with van der Waals surface area (Å²) in [5, 5.41) is 4.51. The van der Waals surface area contributed by atoms with Crippen molar-refractivity contribution in [1.29, 1.82) is 0 Å². The number of ether oxygens (including phenoxy) is 1. The Morgan fingerprint density at radius 2 is 1.86 bits per heavy atom. The summed E-state index contributed by atoms with van der Waals surface area (Å²) in [4.78, 5) is 30.0. The predicted octanol–water partition coefficient (Wildman–Crippen LogP) is 2.90. The van der Waals surface area contributed by atoms with Crippen molar-refractivity contribution in [2.24, 2.45) is 0 Å². The van der Waals surface area contributed by atoms with Crippen molar-refractivity contribution >= 4 is 5.91 Å². The van der Waals surface area contributed by atoms with Crippen LogP contribution in [0.2, 0.25) is 0 Å². The molecular formula is C22H24N4O3. The number of hydrogen-bond acceptors (Lipinski definition) is 4. The molecule has 2 aromatic carbocycles. The third kappa shape index (κ3) is 3.94. The van der Waals surface area contributed by atoms with Crippen LogP contribution < -0.4 is 10.4 Å². The fourth-order valence-corrected chi connectivity index (χ4v) is 3.69. The Morgan fingerprint density at radius 3 is 2.55 bits per heavy atom. The summed E-state index contributed by atoms with van der Waals surface area (Å²) in [6, 6.07) is 14.8. The third-order valence-corrected chi connectivity index (χ3v) is 5.35. The molecule has 2 heterocycles. The largest absolute Gasteiger partial charge is 0.497 e. The van der Waals surface area contributed by atoms with Crippen LogP contribution in [0.5, 0.6) is 5.75 Å². The van der Waals surface area contributed by atoms with Gasteiger partial charge in [-0.05, 0) is 56.2 Å². The molecule has 1 atom stereocenters. The van der Waals surface area contributed by atoms with E-state index in [0.717, 1.165) is 24.2 Å². The molecule has 1 unspecified atom stereocenters. The SMILES string of the molecule is COc1ccc(-n2nc(C3CCCN(C(=O)c4ccc(C)cc4)C3)[nH]c2=O)cc1. The molecule has 0 bridgehead atoms. The molecule has 1 N–H and O–H groups in total. The molecule has 0 spiro atoms. The van der Waals surface area contributed by atoms with E-state index < -0.39 is 0 Å². The fourth-order valence-electron chi connectivity index (χ4n) is 3.69. The molecule has 1 fully saturated rings. The van der Waals surface area contributed by atoms with Crippen LogP contribution in [0.1, 0.15) is 40.5 Å². The minimum Gasteiger partial charge on any atom is -0.497 e. The summed E-state index contributed by atoms with van der Waals surface area (Å²) < 4.78 is 6.52. The van der Waals surface area contributed by atoms with E-state index in [1.807, 2.05) is 36.1 Å². The summed E-state index contributed by atoms with van der Waals surface area (Å²) in [5.74, 6) is 1.36. The first-order chi connectivity index (χ1) is 14.0. The van der Waals surface area contributed by atoms with Crippen LogP contribution in [0.25, 0.3) is 5.69 Å². The maximum atomic E-state index is 12.9. The summed E-state index contributed by atoms with van der Waals surface area (Å²) in [6.07, 6.45) is 1.76. The van der Waals surface area contributed by atoms with Gasteiger partial charge in [0, 0.05) is 24.6 Å². The second kappa shape index (κ2) is 7.95. The van der Waals surface area contributed by atoms with E-state index in [0.29, 0.717) is 30.2 Å². The van der Waals surface area contributed by atoms with Crippen LogP contribution in [0.3, 0.4) is 0 Å². The number of nitrogens with zero attached hydrogens (tertiary/aromatic N) is 3. The number of aromatic amines is 1. The number of piperidine rings is 1. The van der Waals surface area contributed by atoms with Gasteiger partial charge in [0.15, 0.2) is 0 Å². The normalized spacial score (nSPS) is 16.6. The topological polar surface area (TPSA) is 80.2 Å². The second-order valence-electron chi connectivity index (χ2n) is 7.38. The number of amides is 1. The number of methoxy groups -OCH3 is 1. The van der Waals surface area contributed by atoms with Gasteiger partial charge < -0.3 is 9.64 Å². The molecule has 0 saturated carbocycles. The van der Waals surface area contributed by atoms with Gasteiger partial charge in [-0.1, -0.05) is 17.7 Å². The van der Waals surface area contributed by atoms with Crippen molar-refractivity contribution in [3.63, 3.8) is 0 Å². The smallest absolute Gasteiger partial charge is 0.348 e. The first kappa shape index (κ1) is 19.0. The summed E-state index contributed by atoms with van der Waals surface area (Å²) in [7, 11) is 1.60. The van der Waals surface area contributed by atoms with E-state index in [1.165, 1.54) is 4.68 Å². The highest BCUT2D eigenvalue weighted by atomic mass is 16.5. The van der Waals surface area contributed by atoms with Gasteiger partial charge in [-0.15, -0.1) is 5.10 Å². The molecule has 0 radical (unpaired) electrons. The lowest BCUT2D eigenvalue weighted by molar-refractivity contribution is 0.0704. The number of H-pyrrole nitrogens is 1. The number of benzene rings is 2. The van der Waals surface area contributed by atoms with E-state index in [-0.39, 0.29) is 17.5 Å². The quantitative estimate of drug-likeness (QED) is 0.740. The first-order valence-corrected chi connectivity index (χ1v) is 9.75. The standard InChI is InChI=1S/C22H24N4O3/c1-15-5-7-16(8-6-15)21(27)25-13-3-4-17(14-25)20-23-22(28)26(24-20)18-9-11-19(29-2)12-10-18/h5-12,17H,3-4,13-14H2,1-2H3,(H,23,24,28). The van der Waals surface area contributed by atoms with Crippen molar-refractivity contribution in [3.8, 4) is 11.4 Å². The highest BCUT2D eigenvalue weighted by Crippen LogP contribution is 2.25. The van der Waals surface area contributed by atoms with Gasteiger partial charge in [0.2, 0.25) is 0 Å². The lowest BCUT2D eigenvalue weighted by Crippen LogP contribution is -2.39. The second-order valence-corrected chi connectivity index (χ2v) is 7.38. The van der Waals surface area contributed by atoms with E-state index in [2.05, 4.69) is 10.1 Å². The third-order valence-electron chi connectivity index (χ3n) is 5.35. The molecular weight excluding hydrogens is 368 g/mol. The number of nitrogens with one attached hydrogen (secondary N) is 1. The fraction of sp³-hybridized carbons (Fsp3) is 0.318. The Kier molecular flexibility index (Phi) is 5.20. The van der Waals surface area contributed by atoms with Crippen molar-refractivity contribution in [3.05, 3.63) is 76.0 Å². The van der Waals surface area contributed by atoms with Crippen LogP contribution in [0, 0.1) is 6.92 Å². The monoisotopic (exact) mass is 392 g/mol. The molecule has 1 aliphatic rings. The maximum absolute atomic E-state index is 12.9. The zero-order valence-corrected chi connectivity index (χ0v) is 16.6. The van der Waals surface area contributed by atoms with Gasteiger partial charge in [0.25, 0.3) is 5.91 Å². The molecule has 4 rings (SSSR count). The van der Waals surface area contributed by atoms with E-state index in [1.54, 1.807) is 31.4 Å². The van der Waals surface area contributed by atoms with Gasteiger partial charge >= 0.3 is 5.69 Å². The lowest BCUT2D eigenvalue weighted by Gasteiger charge is -2.31. The van der Waals surface area contributed by atoms with E-state index >= 15 is 0 Å². The molecule has 7 heteroatoms. The van der Waals surface area contributed by atoms with Gasteiger partial charge in [-0.25, -0.2) is 4.79 Å². The Hall–Kier alpha value is -3.35. The number of carbonyl (C=O) groups is 1. The number of carbonyl (C=O) groups excluding carboxylic acids is 1. The zero-order chi connectivity index (χ0) is 20.4. The number of aromatic nitrogens is 3. The Bertz CT molecular complexity index is 1050. The minimum absolute atomic E-state index is 0.00495. The van der Waals surface area contributed by atoms with Crippen LogP contribution >= 0.6 is 0 Å². The molecule has 29 heavy (non-hydrogen) atoms. The molecule has 7 nitrogen and oxygen atoms in total. The molecule has 1 aliphatic heterocycles. The van der Waals surface area contributed by atoms with Crippen LogP contribution in [-0.2, 0) is 0 Å². The summed E-state index contributed by atoms with van der Waals surface area (Å²) >= 11 is 0. The molecule has 1 saturated heterocycles. The molecule has 150 valence electrons. The van der Waals surface area contributed by atoms with Gasteiger partial charge in [0.05, 0.1) is 12.8 Å². The Morgan fingerprint density at radius 1 is 1.14 bits per heavy atom. The molecule has 1 amide bonds. The van der Waals surface area contributed by atoms with Gasteiger partial charge in [-0.3, -0.25) is 9.78 Å². The minimum atomic E-state index is -0.285. The average Bonchev–Trinajstić information content (AvgIpc) is 3.15. The summed E-state index contributed by atoms with van der Waals surface area (Å²) in [6.45, 7) is 3.26. The van der Waals surface area contributed by atoms with Crippen LogP contribution in [0.4, 0.5) is 0 Å². The van der Waals surface area contributed by atoms with Crippen molar-refractivity contribution in [2.45, 2.75) is 25.7 Å². The first-order valence-electron chi connectivity index (χ1n) is 9.75. The van der Waals surface area contributed by atoms with E-state index in [4.69, 9.17) is 4.74 Å². The Labute approximate surface area is 168 Å². The van der Waals surface area contributed by atoms with E-state index in [9.17, 15) is 9.59 Å². The molecule has 3 aromatic rings. The van der Waals surface area contributed by atoms with Gasteiger partial charge in [-0.2, -0.15) is 4.68 Å². The molecule has 1 aromatic heterocycles. The molecule has 0 aliphatic carbocycles. The van der Waals surface area contributed by atoms with Crippen molar-refractivity contribution < 1.29 is 9.53 Å². The zero-order valence-electron chi connectivity index (χ0n) is 16.6. The maximum Gasteiger partial charge on any atom is 0.348 e. The summed E-state index contributed by atoms with van der Waals surface area (Å²) in [5.41, 5.74) is 2.20. The number of hydrogen-bond donors (Lipinski definition) is 1. The van der Waals surface area contributed by atoms with Crippen LogP contribution in [-0.4, -0.2) is 45.8 Å². The average molecular weight is 392 g/mol. The number of rotatable bonds is 4. The van der Waals surface area contributed by atoms with Crippen LogP contribution in [0.15, 0.2) is 53.3 Å². The Balaban J connectivity index is 1.53. The van der Waals surface area contributed by atoms with Crippen molar-refractivity contribution in [2.75, 3.05) is 20.2 Å². The highest BCUT2D eigenvalue weighted by Gasteiger charge is 2.28. The highest BCUT2D eigenvalue weighted by molar-refractivity contribution is 5.94. The van der Waals surface area contributed by atoms with Gasteiger partial charge in [0.1, 0.15) is 11.6 Å². The van der Waals surface area contributed by atoms with Crippen molar-refractivity contribution in [1.82, 2.24) is 19.7 Å². The lowest BCUT2D eigenvalue weighted by atomic mass is 9.96.